The van der Waals surface area contributed by atoms with Gasteiger partial charge < -0.3 is 10.4 Å². The quantitative estimate of drug-likeness (QED) is 0.907. The maximum absolute atomic E-state index is 12.5. The molecule has 0 aliphatic carbocycles. The van der Waals surface area contributed by atoms with Crippen molar-refractivity contribution in [3.63, 3.8) is 0 Å². The van der Waals surface area contributed by atoms with E-state index in [1.165, 1.54) is 30.5 Å². The number of carbonyl (C=O) groups is 1. The van der Waals surface area contributed by atoms with Crippen LogP contribution in [0.2, 0.25) is 0 Å². The molecule has 1 amide bonds. The van der Waals surface area contributed by atoms with Gasteiger partial charge in [-0.1, -0.05) is 0 Å². The molecule has 1 unspecified atom stereocenters. The van der Waals surface area contributed by atoms with Crippen LogP contribution in [-0.4, -0.2) is 33.4 Å². The van der Waals surface area contributed by atoms with E-state index in [0.717, 1.165) is 10.7 Å². The normalized spacial score (nSPS) is 13.0. The van der Waals surface area contributed by atoms with Crippen LogP contribution in [0.5, 0.6) is 0 Å². The largest absolute Gasteiger partial charge is 0.435 e. The van der Waals surface area contributed by atoms with Gasteiger partial charge in [-0.25, -0.2) is 4.68 Å². The smallest absolute Gasteiger partial charge is 0.394 e. The van der Waals surface area contributed by atoms with E-state index in [4.69, 9.17) is 5.11 Å². The van der Waals surface area contributed by atoms with Crippen LogP contribution in [0.15, 0.2) is 36.5 Å². The fraction of sp³-hybridized carbons (Fsp3) is 0.286. The van der Waals surface area contributed by atoms with Gasteiger partial charge >= 0.3 is 6.18 Å². The Kier molecular flexibility index (Phi) is 4.51. The second kappa shape index (κ2) is 6.18. The molecular formula is C14H14F3N3O2. The predicted octanol–water partition coefficient (Wildman–Crippen LogP) is 2.00. The van der Waals surface area contributed by atoms with E-state index in [1.807, 2.05) is 0 Å². The summed E-state index contributed by atoms with van der Waals surface area (Å²) in [7, 11) is 0. The lowest BCUT2D eigenvalue weighted by molar-refractivity contribution is -0.141. The van der Waals surface area contributed by atoms with Crippen LogP contribution in [0.3, 0.4) is 0 Å². The van der Waals surface area contributed by atoms with Crippen molar-refractivity contribution < 1.29 is 23.1 Å². The second-order valence-electron chi connectivity index (χ2n) is 4.75. The molecule has 1 aromatic carbocycles. The number of nitrogens with zero attached hydrogens (tertiary/aromatic N) is 2. The van der Waals surface area contributed by atoms with Crippen molar-refractivity contribution in [3.05, 3.63) is 47.8 Å². The number of benzene rings is 1. The molecule has 0 spiro atoms. The lowest BCUT2D eigenvalue weighted by atomic mass is 10.2. The molecule has 0 aliphatic heterocycles. The van der Waals surface area contributed by atoms with Crippen LogP contribution >= 0.6 is 0 Å². The van der Waals surface area contributed by atoms with E-state index in [2.05, 4.69) is 10.4 Å². The van der Waals surface area contributed by atoms with Crippen molar-refractivity contribution in [2.75, 3.05) is 6.61 Å². The van der Waals surface area contributed by atoms with Crippen molar-refractivity contribution in [1.82, 2.24) is 15.1 Å². The highest BCUT2D eigenvalue weighted by atomic mass is 19.4. The number of aliphatic hydroxyl groups is 1. The zero-order valence-electron chi connectivity index (χ0n) is 11.6. The van der Waals surface area contributed by atoms with Gasteiger partial charge in [-0.2, -0.15) is 18.3 Å². The van der Waals surface area contributed by atoms with Gasteiger partial charge in [0.15, 0.2) is 5.69 Å². The fourth-order valence-corrected chi connectivity index (χ4v) is 1.74. The summed E-state index contributed by atoms with van der Waals surface area (Å²) in [6.45, 7) is 1.46. The lowest BCUT2D eigenvalue weighted by Gasteiger charge is -2.11. The van der Waals surface area contributed by atoms with Crippen LogP contribution in [0.4, 0.5) is 13.2 Å². The highest BCUT2D eigenvalue weighted by molar-refractivity contribution is 5.94. The van der Waals surface area contributed by atoms with Gasteiger partial charge in [-0.05, 0) is 37.3 Å². The SMILES string of the molecule is CC(CO)NC(=O)c1ccc(-n2ccc(C(F)(F)F)n2)cc1. The monoisotopic (exact) mass is 313 g/mol. The molecule has 0 radical (unpaired) electrons. The minimum absolute atomic E-state index is 0.183. The number of amides is 1. The van der Waals surface area contributed by atoms with Crippen LogP contribution in [0.25, 0.3) is 5.69 Å². The number of halogens is 3. The molecular weight excluding hydrogens is 299 g/mol. The lowest BCUT2D eigenvalue weighted by Crippen LogP contribution is -2.34. The number of alkyl halides is 3. The van der Waals surface area contributed by atoms with Gasteiger partial charge in [-0.15, -0.1) is 0 Å². The number of aliphatic hydroxyl groups excluding tert-OH is 1. The Morgan fingerprint density at radius 3 is 2.45 bits per heavy atom. The zero-order chi connectivity index (χ0) is 16.3. The van der Waals surface area contributed by atoms with Crippen LogP contribution < -0.4 is 5.32 Å². The number of hydrogen-bond donors (Lipinski definition) is 2. The van der Waals surface area contributed by atoms with Crippen molar-refractivity contribution in [3.8, 4) is 5.69 Å². The molecule has 0 aliphatic rings. The maximum Gasteiger partial charge on any atom is 0.435 e. The molecule has 0 saturated heterocycles. The minimum Gasteiger partial charge on any atom is -0.394 e. The van der Waals surface area contributed by atoms with E-state index in [9.17, 15) is 18.0 Å². The van der Waals surface area contributed by atoms with E-state index in [-0.39, 0.29) is 18.6 Å². The third-order valence-electron chi connectivity index (χ3n) is 2.92. The number of aromatic nitrogens is 2. The number of hydrogen-bond acceptors (Lipinski definition) is 3. The van der Waals surface area contributed by atoms with Gasteiger partial charge in [0.05, 0.1) is 12.3 Å². The molecule has 118 valence electrons. The first kappa shape index (κ1) is 16.0. The minimum atomic E-state index is -4.49. The van der Waals surface area contributed by atoms with Crippen molar-refractivity contribution >= 4 is 5.91 Å². The summed E-state index contributed by atoms with van der Waals surface area (Å²) < 4.78 is 38.6. The fourth-order valence-electron chi connectivity index (χ4n) is 1.74. The summed E-state index contributed by atoms with van der Waals surface area (Å²) in [4.78, 5) is 11.8. The Morgan fingerprint density at radius 2 is 1.95 bits per heavy atom. The highest BCUT2D eigenvalue weighted by Gasteiger charge is 2.33. The van der Waals surface area contributed by atoms with E-state index >= 15 is 0 Å². The van der Waals surface area contributed by atoms with Gasteiger partial charge in [0.25, 0.3) is 5.91 Å². The van der Waals surface area contributed by atoms with Gasteiger partial charge in [0, 0.05) is 17.8 Å². The summed E-state index contributed by atoms with van der Waals surface area (Å²) in [5.74, 6) is -0.371. The zero-order valence-corrected chi connectivity index (χ0v) is 11.6. The second-order valence-corrected chi connectivity index (χ2v) is 4.75. The summed E-state index contributed by atoms with van der Waals surface area (Å²) in [5.41, 5.74) is -0.236. The van der Waals surface area contributed by atoms with E-state index in [1.54, 1.807) is 6.92 Å². The Morgan fingerprint density at radius 1 is 1.32 bits per heavy atom. The van der Waals surface area contributed by atoms with Crippen LogP contribution in [0.1, 0.15) is 23.0 Å². The van der Waals surface area contributed by atoms with E-state index < -0.39 is 11.9 Å². The molecule has 0 fully saturated rings. The molecule has 2 rings (SSSR count). The maximum atomic E-state index is 12.5. The molecule has 0 saturated carbocycles. The molecule has 1 heterocycles. The molecule has 8 heteroatoms. The van der Waals surface area contributed by atoms with Gasteiger partial charge in [0.2, 0.25) is 0 Å². The summed E-state index contributed by atoms with van der Waals surface area (Å²) in [6.07, 6.45) is -3.29. The summed E-state index contributed by atoms with van der Waals surface area (Å²) in [6, 6.07) is 6.43. The number of nitrogens with one attached hydrogen (secondary N) is 1. The Labute approximate surface area is 124 Å². The van der Waals surface area contributed by atoms with Gasteiger partial charge in [0.1, 0.15) is 0 Å². The molecule has 22 heavy (non-hydrogen) atoms. The third-order valence-corrected chi connectivity index (χ3v) is 2.92. The van der Waals surface area contributed by atoms with Crippen molar-refractivity contribution in [1.29, 1.82) is 0 Å². The predicted molar refractivity (Wildman–Crippen MR) is 72.6 cm³/mol. The average Bonchev–Trinajstić information content (AvgIpc) is 2.97. The molecule has 0 bridgehead atoms. The number of rotatable bonds is 4. The van der Waals surface area contributed by atoms with Crippen molar-refractivity contribution in [2.45, 2.75) is 19.1 Å². The van der Waals surface area contributed by atoms with E-state index in [0.29, 0.717) is 11.3 Å². The topological polar surface area (TPSA) is 67.2 Å². The molecule has 2 N–H and O–H groups in total. The Bertz CT molecular complexity index is 650. The average molecular weight is 313 g/mol. The molecule has 2 aromatic rings. The Hall–Kier alpha value is -2.35. The van der Waals surface area contributed by atoms with Crippen LogP contribution in [-0.2, 0) is 6.18 Å². The van der Waals surface area contributed by atoms with Crippen LogP contribution in [0, 0.1) is 0 Å². The first-order chi connectivity index (χ1) is 10.3. The third kappa shape index (κ3) is 3.64. The highest BCUT2D eigenvalue weighted by Crippen LogP contribution is 2.27. The first-order valence-corrected chi connectivity index (χ1v) is 6.46. The summed E-state index contributed by atoms with van der Waals surface area (Å²) in [5, 5.41) is 14.9. The van der Waals surface area contributed by atoms with Crippen molar-refractivity contribution in [2.24, 2.45) is 0 Å². The summed E-state index contributed by atoms with van der Waals surface area (Å²) >= 11 is 0. The molecule has 1 atom stereocenters. The molecule has 1 aromatic heterocycles. The standard InChI is InChI=1S/C14H14F3N3O2/c1-9(8-21)18-13(22)10-2-4-11(5-3-10)20-7-6-12(19-20)14(15,16)17/h2-7,9,21H,8H2,1H3,(H,18,22). The number of carbonyl (C=O) groups excluding carboxylic acids is 1. The first-order valence-electron chi connectivity index (χ1n) is 6.46. The Balaban J connectivity index is 2.15. The molecule has 5 nitrogen and oxygen atoms in total. The van der Waals surface area contributed by atoms with Gasteiger partial charge in [-0.3, -0.25) is 4.79 Å².